The Labute approximate surface area is 149 Å². The third kappa shape index (κ3) is 3.76. The van der Waals surface area contributed by atoms with E-state index in [1.165, 1.54) is 18.2 Å². The molecule has 0 amide bonds. The van der Waals surface area contributed by atoms with Crippen LogP contribution in [0.1, 0.15) is 5.56 Å². The van der Waals surface area contributed by atoms with Crippen LogP contribution in [0.5, 0.6) is 0 Å². The van der Waals surface area contributed by atoms with E-state index in [4.69, 9.17) is 23.2 Å². The smallest absolute Gasteiger partial charge is 0.237 e. The minimum absolute atomic E-state index is 0.0537. The van der Waals surface area contributed by atoms with Crippen molar-refractivity contribution in [2.24, 2.45) is 0 Å². The Hall–Kier alpha value is -1.93. The molecule has 3 rings (SSSR count). The van der Waals surface area contributed by atoms with Gasteiger partial charge in [-0.1, -0.05) is 29.3 Å². The van der Waals surface area contributed by atoms with Crippen molar-refractivity contribution in [2.75, 3.05) is 0 Å². The fourth-order valence-electron chi connectivity index (χ4n) is 1.97. The monoisotopic (exact) mass is 382 g/mol. The van der Waals surface area contributed by atoms with Crippen molar-refractivity contribution in [3.8, 4) is 5.82 Å². The molecule has 1 aromatic carbocycles. The summed E-state index contributed by atoms with van der Waals surface area (Å²) in [5.41, 5.74) is 0.717. The zero-order chi connectivity index (χ0) is 17.2. The maximum atomic E-state index is 12.3. The second kappa shape index (κ2) is 6.90. The van der Waals surface area contributed by atoms with Gasteiger partial charge in [-0.15, -0.1) is 0 Å². The molecule has 0 spiro atoms. The van der Waals surface area contributed by atoms with Crippen molar-refractivity contribution in [3.63, 3.8) is 0 Å². The summed E-state index contributed by atoms with van der Waals surface area (Å²) in [5.74, 6) is 0.649. The van der Waals surface area contributed by atoms with Crippen LogP contribution in [0.2, 0.25) is 10.0 Å². The highest BCUT2D eigenvalue weighted by Gasteiger charge is 2.15. The van der Waals surface area contributed by atoms with E-state index in [0.29, 0.717) is 10.8 Å². The molecule has 2 aromatic heterocycles. The zero-order valence-corrected chi connectivity index (χ0v) is 14.6. The first-order valence-corrected chi connectivity index (χ1v) is 9.09. The Balaban J connectivity index is 1.71. The van der Waals surface area contributed by atoms with Crippen molar-refractivity contribution in [2.45, 2.75) is 11.4 Å². The van der Waals surface area contributed by atoms with Gasteiger partial charge >= 0.3 is 0 Å². The van der Waals surface area contributed by atoms with Crippen LogP contribution in [-0.2, 0) is 16.6 Å². The Bertz CT molecular complexity index is 942. The van der Waals surface area contributed by atoms with E-state index in [2.05, 4.69) is 14.8 Å². The average molecular weight is 383 g/mol. The molecule has 0 radical (unpaired) electrons. The third-order valence-corrected chi connectivity index (χ3v) is 5.35. The number of nitrogens with zero attached hydrogens (tertiary/aromatic N) is 3. The van der Waals surface area contributed by atoms with Crippen LogP contribution < -0.4 is 4.72 Å². The molecule has 0 bridgehead atoms. The van der Waals surface area contributed by atoms with Gasteiger partial charge in [0.2, 0.25) is 10.0 Å². The lowest BCUT2D eigenvalue weighted by Gasteiger charge is -2.08. The summed E-state index contributed by atoms with van der Waals surface area (Å²) in [5, 5.41) is 4.56. The lowest BCUT2D eigenvalue weighted by molar-refractivity contribution is 0.581. The lowest BCUT2D eigenvalue weighted by atomic mass is 10.3. The predicted molar refractivity (Wildman–Crippen MR) is 91.8 cm³/mol. The molecule has 0 saturated carbocycles. The van der Waals surface area contributed by atoms with E-state index in [9.17, 15) is 8.42 Å². The van der Waals surface area contributed by atoms with Crippen LogP contribution in [0.3, 0.4) is 0 Å². The molecule has 2 heterocycles. The first kappa shape index (κ1) is 16.9. The molecule has 0 fully saturated rings. The fourth-order valence-corrected chi connectivity index (χ4v) is 3.37. The van der Waals surface area contributed by atoms with Crippen LogP contribution in [0.15, 0.2) is 59.9 Å². The summed E-state index contributed by atoms with van der Waals surface area (Å²) in [4.78, 5) is 4.30. The van der Waals surface area contributed by atoms with E-state index in [-0.39, 0.29) is 16.5 Å². The molecular weight excluding hydrogens is 371 g/mol. The van der Waals surface area contributed by atoms with E-state index >= 15 is 0 Å². The van der Waals surface area contributed by atoms with Crippen LogP contribution in [0.4, 0.5) is 0 Å². The topological polar surface area (TPSA) is 76.9 Å². The number of aromatic nitrogens is 3. The van der Waals surface area contributed by atoms with Gasteiger partial charge < -0.3 is 0 Å². The molecule has 0 aliphatic carbocycles. The second-order valence-corrected chi connectivity index (χ2v) is 7.46. The van der Waals surface area contributed by atoms with Gasteiger partial charge in [0.15, 0.2) is 5.82 Å². The molecule has 0 unspecified atom stereocenters. The average Bonchev–Trinajstić information content (AvgIpc) is 3.10. The molecule has 0 saturated heterocycles. The Morgan fingerprint density at radius 2 is 1.96 bits per heavy atom. The maximum Gasteiger partial charge on any atom is 0.240 e. The van der Waals surface area contributed by atoms with E-state index in [1.807, 2.05) is 0 Å². The Morgan fingerprint density at radius 3 is 2.58 bits per heavy atom. The molecule has 24 heavy (non-hydrogen) atoms. The van der Waals surface area contributed by atoms with E-state index in [0.717, 1.165) is 5.56 Å². The minimum Gasteiger partial charge on any atom is -0.237 e. The molecule has 0 aliphatic heterocycles. The van der Waals surface area contributed by atoms with Gasteiger partial charge in [-0.05, 0) is 35.9 Å². The number of sulfonamides is 1. The number of hydrogen-bond donors (Lipinski definition) is 1. The minimum atomic E-state index is -3.69. The van der Waals surface area contributed by atoms with Crippen molar-refractivity contribution in [1.82, 2.24) is 19.5 Å². The van der Waals surface area contributed by atoms with Gasteiger partial charge in [0.1, 0.15) is 0 Å². The third-order valence-electron chi connectivity index (χ3n) is 3.22. The summed E-state index contributed by atoms with van der Waals surface area (Å²) in [6.07, 6.45) is 5.02. The predicted octanol–water partition coefficient (Wildman–Crippen LogP) is 3.05. The van der Waals surface area contributed by atoms with E-state index in [1.54, 1.807) is 41.5 Å². The van der Waals surface area contributed by atoms with Crippen molar-refractivity contribution in [1.29, 1.82) is 0 Å². The van der Waals surface area contributed by atoms with Gasteiger partial charge in [-0.3, -0.25) is 0 Å². The molecule has 9 heteroatoms. The Morgan fingerprint density at radius 1 is 1.12 bits per heavy atom. The molecule has 0 aliphatic rings. The lowest BCUT2D eigenvalue weighted by Crippen LogP contribution is -2.23. The number of benzene rings is 1. The summed E-state index contributed by atoms with van der Waals surface area (Å²) in [6, 6.07) is 9.48. The highest BCUT2D eigenvalue weighted by Crippen LogP contribution is 2.24. The molecule has 6 nitrogen and oxygen atoms in total. The molecule has 1 N–H and O–H groups in total. The van der Waals surface area contributed by atoms with Crippen molar-refractivity contribution < 1.29 is 8.42 Å². The number of hydrogen-bond acceptors (Lipinski definition) is 4. The van der Waals surface area contributed by atoms with Crippen molar-refractivity contribution >= 4 is 33.2 Å². The summed E-state index contributed by atoms with van der Waals surface area (Å²) < 4.78 is 28.7. The zero-order valence-electron chi connectivity index (χ0n) is 12.2. The molecule has 124 valence electrons. The van der Waals surface area contributed by atoms with Crippen molar-refractivity contribution in [3.05, 3.63) is 70.6 Å². The molecule has 0 atom stereocenters. The number of rotatable bonds is 5. The summed E-state index contributed by atoms with van der Waals surface area (Å²) >= 11 is 11.7. The number of nitrogens with one attached hydrogen (secondary N) is 1. The number of pyridine rings is 1. The summed E-state index contributed by atoms with van der Waals surface area (Å²) in [6.45, 7) is 0.106. The normalized spacial score (nSPS) is 11.6. The number of halogens is 2. The SMILES string of the molecule is O=S(=O)(NCc1ccc(-n2cccn2)nc1)c1ccc(Cl)c(Cl)c1. The molecular formula is C15H12Cl2N4O2S. The van der Waals surface area contributed by atoms with Gasteiger partial charge in [0.25, 0.3) is 0 Å². The van der Waals surface area contributed by atoms with Crippen LogP contribution in [0, 0.1) is 0 Å². The summed E-state index contributed by atoms with van der Waals surface area (Å²) in [7, 11) is -3.69. The van der Waals surface area contributed by atoms with Gasteiger partial charge in [-0.2, -0.15) is 5.10 Å². The van der Waals surface area contributed by atoms with E-state index < -0.39 is 10.0 Å². The second-order valence-electron chi connectivity index (χ2n) is 4.88. The first-order valence-electron chi connectivity index (χ1n) is 6.85. The van der Waals surface area contributed by atoms with Gasteiger partial charge in [0.05, 0.1) is 14.9 Å². The standard InChI is InChI=1S/C15H12Cl2N4O2S/c16-13-4-3-12(8-14(13)17)24(22,23)20-10-11-2-5-15(18-9-11)21-7-1-6-19-21/h1-9,20H,10H2. The van der Waals surface area contributed by atoms with Gasteiger partial charge in [0, 0.05) is 25.1 Å². The highest BCUT2D eigenvalue weighted by molar-refractivity contribution is 7.89. The van der Waals surface area contributed by atoms with Gasteiger partial charge in [-0.25, -0.2) is 22.8 Å². The highest BCUT2D eigenvalue weighted by atomic mass is 35.5. The van der Waals surface area contributed by atoms with Crippen LogP contribution in [0.25, 0.3) is 5.82 Å². The fraction of sp³-hybridized carbons (Fsp3) is 0.0667. The Kier molecular flexibility index (Phi) is 4.86. The quantitative estimate of drug-likeness (QED) is 0.735. The largest absolute Gasteiger partial charge is 0.240 e. The maximum absolute atomic E-state index is 12.3. The first-order chi connectivity index (χ1) is 11.5. The van der Waals surface area contributed by atoms with Crippen LogP contribution >= 0.6 is 23.2 Å². The van der Waals surface area contributed by atoms with Crippen LogP contribution in [-0.4, -0.2) is 23.2 Å². The molecule has 3 aromatic rings.